The van der Waals surface area contributed by atoms with E-state index in [1.807, 2.05) is 0 Å². The summed E-state index contributed by atoms with van der Waals surface area (Å²) in [6.07, 6.45) is 3.35. The van der Waals surface area contributed by atoms with Crippen molar-refractivity contribution in [3.8, 4) is 23.0 Å². The molecule has 328 valence electrons. The summed E-state index contributed by atoms with van der Waals surface area (Å²) in [5.74, 6) is -2.45. The Morgan fingerprint density at radius 1 is 0.629 bits per heavy atom. The van der Waals surface area contributed by atoms with Crippen LogP contribution < -0.4 is 100.0 Å². The number of hydrogen-bond donors (Lipinski definition) is 10. The molecule has 0 spiro atoms. The molecule has 2 aromatic carbocycles. The van der Waals surface area contributed by atoms with E-state index in [9.17, 15) is 49.5 Å². The van der Waals surface area contributed by atoms with Crippen LogP contribution in [0.2, 0.25) is 12.6 Å². The molecule has 4 fully saturated rings. The van der Waals surface area contributed by atoms with Gasteiger partial charge in [-0.15, -0.1) is 0 Å². The Kier molecular flexibility index (Phi) is 17.1. The van der Waals surface area contributed by atoms with Crippen LogP contribution in [0, 0.1) is 11.8 Å². The summed E-state index contributed by atoms with van der Waals surface area (Å²) in [5.41, 5.74) is 13.0. The number of nitrogens with two attached hydrogens (primary N) is 2. The molecular formula is C38H54B2N6Na2O14. The number of carbonyl (C=O) groups is 4. The average Bonchev–Trinajstić information content (AvgIpc) is 3.18. The van der Waals surface area contributed by atoms with Crippen molar-refractivity contribution < 1.29 is 127 Å². The number of benzene rings is 2. The molecule has 2 atom stereocenters. The van der Waals surface area contributed by atoms with Gasteiger partial charge in [0, 0.05) is 0 Å². The van der Waals surface area contributed by atoms with Gasteiger partial charge in [-0.3, -0.25) is 9.59 Å². The quantitative estimate of drug-likeness (QED) is 0.0991. The number of likely N-dealkylation sites (tertiary alicyclic amines) is 2. The van der Waals surface area contributed by atoms with E-state index >= 15 is 0 Å². The number of rotatable bonds is 10. The summed E-state index contributed by atoms with van der Waals surface area (Å²) in [7, 11) is 0. The number of hydrogen-bond acceptors (Lipinski definition) is 16. The minimum Gasteiger partial charge on any atom is -0.669 e. The predicted octanol–water partition coefficient (Wildman–Crippen LogP) is -7.67. The van der Waals surface area contributed by atoms with E-state index in [1.165, 1.54) is 0 Å². The van der Waals surface area contributed by atoms with Crippen molar-refractivity contribution in [1.82, 2.24) is 20.4 Å². The van der Waals surface area contributed by atoms with Gasteiger partial charge in [0.05, 0.1) is 49.8 Å². The summed E-state index contributed by atoms with van der Waals surface area (Å²) in [4.78, 5) is 52.1. The van der Waals surface area contributed by atoms with E-state index in [2.05, 4.69) is 10.6 Å². The fraction of sp³-hybridized carbons (Fsp3) is 0.579. The first kappa shape index (κ1) is 50.3. The summed E-state index contributed by atoms with van der Waals surface area (Å²) in [6, 6.07) is 5.35. The van der Waals surface area contributed by atoms with Crippen LogP contribution in [0.1, 0.15) is 57.5 Å². The van der Waals surface area contributed by atoms with Crippen LogP contribution in [0.5, 0.6) is 23.0 Å². The van der Waals surface area contributed by atoms with Crippen molar-refractivity contribution in [2.75, 3.05) is 52.4 Å². The molecule has 6 aliphatic rings. The Morgan fingerprint density at radius 3 is 1.29 bits per heavy atom. The number of amides is 2. The molecule has 8 rings (SSSR count). The van der Waals surface area contributed by atoms with Gasteiger partial charge >= 0.3 is 84.6 Å². The third-order valence-electron chi connectivity index (χ3n) is 12.3. The number of carboxylic acid groups (broad SMARTS) is 2. The number of fused-ring (bicyclic) bond motifs is 2. The Bertz CT molecular complexity index is 1830. The first-order valence-electron chi connectivity index (χ1n) is 20.7. The summed E-state index contributed by atoms with van der Waals surface area (Å²) < 4.78 is 22.0. The van der Waals surface area contributed by atoms with Crippen LogP contribution in [0.3, 0.4) is 0 Å². The van der Waals surface area contributed by atoms with Crippen molar-refractivity contribution in [3.05, 3.63) is 46.5 Å². The summed E-state index contributed by atoms with van der Waals surface area (Å²) >= 11 is 0. The number of carbonyl (C=O) groups excluding carboxylic acids is 2. The molecule has 24 heteroatoms. The van der Waals surface area contributed by atoms with Gasteiger partial charge in [-0.1, -0.05) is 24.8 Å². The standard InChI is InChI=1S/2C19H27BN3O7.2Na/c2*21-16(11-4-7-22-8-5-11)18(24)23-9-13(10-23)29-14-2-1-12-3-6-20(27,28)30-17(12)15(14)19(25)26;;/h2*1-2,11,13,16,22,27-28H,3-10,21H2,(H,25,26);;/q2*-1;2*+1. The number of nitrogens with one attached hydrogen (secondary N) is 2. The van der Waals surface area contributed by atoms with Crippen LogP contribution >= 0.6 is 0 Å². The molecule has 62 heavy (non-hydrogen) atoms. The van der Waals surface area contributed by atoms with E-state index in [4.69, 9.17) is 30.2 Å². The molecular weight excluding hydrogens is 832 g/mol. The third kappa shape index (κ3) is 11.6. The maximum Gasteiger partial charge on any atom is 1.00 e. The second kappa shape index (κ2) is 21.1. The second-order valence-electron chi connectivity index (χ2n) is 16.7. The molecule has 0 aromatic heterocycles. The summed E-state index contributed by atoms with van der Waals surface area (Å²) in [5, 5.41) is 65.1. The van der Waals surface area contributed by atoms with Gasteiger partial charge in [0.25, 0.3) is 0 Å². The van der Waals surface area contributed by atoms with Gasteiger partial charge in [0.15, 0.2) is 0 Å². The van der Waals surface area contributed by atoms with Gasteiger partial charge < -0.3 is 81.0 Å². The molecule has 2 aromatic rings. The van der Waals surface area contributed by atoms with Gasteiger partial charge in [-0.2, -0.15) is 0 Å². The largest absolute Gasteiger partial charge is 1.00 e. The van der Waals surface area contributed by atoms with E-state index in [0.717, 1.165) is 51.9 Å². The van der Waals surface area contributed by atoms with Crippen molar-refractivity contribution in [1.29, 1.82) is 0 Å². The van der Waals surface area contributed by atoms with Crippen molar-refractivity contribution in [2.24, 2.45) is 23.3 Å². The number of nitrogens with zero attached hydrogens (tertiary/aromatic N) is 2. The van der Waals surface area contributed by atoms with Crippen LogP contribution in [0.25, 0.3) is 0 Å². The normalized spacial score (nSPS) is 21.7. The van der Waals surface area contributed by atoms with E-state index < -0.39 is 37.5 Å². The first-order chi connectivity index (χ1) is 28.5. The summed E-state index contributed by atoms with van der Waals surface area (Å²) in [6.45, 7) is -1.46. The molecule has 2 amide bonds. The zero-order valence-corrected chi connectivity index (χ0v) is 39.2. The fourth-order valence-corrected chi connectivity index (χ4v) is 8.64. The molecule has 12 N–H and O–H groups in total. The Labute approximate surface area is 402 Å². The SMILES string of the molecule is NC(C(=O)N1CC(Oc2ccc3c(c2C(=O)O)O[B-](O)(O)CC3)C1)C1CCNCC1.NC(C(=O)N1CC(Oc2ccc3c(c2C(=O)O)O[B-](O)(O)CC3)C1)C1CCNCC1.[Na+].[Na+]. The molecule has 20 nitrogen and oxygen atoms in total. The molecule has 0 radical (unpaired) electrons. The van der Waals surface area contributed by atoms with Gasteiger partial charge in [-0.05, 0) is 99.8 Å². The van der Waals surface area contributed by atoms with Gasteiger partial charge in [0.1, 0.15) is 34.8 Å². The average molecular weight is 886 g/mol. The maximum atomic E-state index is 12.6. The molecule has 4 saturated heterocycles. The van der Waals surface area contributed by atoms with Crippen LogP contribution in [0.15, 0.2) is 24.3 Å². The Balaban J connectivity index is 0.000000227. The minimum absolute atomic E-state index is 0. The van der Waals surface area contributed by atoms with Crippen LogP contribution in [-0.4, -0.2) is 154 Å². The number of ether oxygens (including phenoxy) is 2. The first-order valence-corrected chi connectivity index (χ1v) is 20.7. The number of aromatic carboxylic acids is 2. The van der Waals surface area contributed by atoms with Gasteiger partial charge in [0.2, 0.25) is 11.8 Å². The molecule has 6 heterocycles. The number of aryl methyl sites for hydroxylation is 2. The van der Waals surface area contributed by atoms with Crippen molar-refractivity contribution in [3.63, 3.8) is 0 Å². The maximum absolute atomic E-state index is 12.6. The van der Waals surface area contributed by atoms with E-state index in [1.54, 1.807) is 34.1 Å². The van der Waals surface area contributed by atoms with Crippen LogP contribution in [-0.2, 0) is 22.4 Å². The van der Waals surface area contributed by atoms with E-state index in [0.29, 0.717) is 50.1 Å². The Morgan fingerprint density at radius 2 is 0.968 bits per heavy atom. The molecule has 0 aliphatic carbocycles. The fourth-order valence-electron chi connectivity index (χ4n) is 8.64. The predicted molar refractivity (Wildman–Crippen MR) is 215 cm³/mol. The second-order valence-corrected chi connectivity index (χ2v) is 16.7. The molecule has 6 aliphatic heterocycles. The van der Waals surface area contributed by atoms with E-state index in [-0.39, 0.29) is 142 Å². The number of piperidine rings is 2. The molecule has 0 saturated carbocycles. The molecule has 0 bridgehead atoms. The zero-order valence-electron chi connectivity index (χ0n) is 35.2. The Hall–Kier alpha value is -2.67. The third-order valence-corrected chi connectivity index (χ3v) is 12.3. The smallest absolute Gasteiger partial charge is 0.669 e. The van der Waals surface area contributed by atoms with Gasteiger partial charge in [-0.25, -0.2) is 9.59 Å². The minimum atomic E-state index is -3.09. The number of carboxylic acids is 2. The monoisotopic (exact) mass is 886 g/mol. The van der Waals surface area contributed by atoms with Crippen molar-refractivity contribution >= 4 is 37.3 Å². The van der Waals surface area contributed by atoms with Crippen LogP contribution in [0.4, 0.5) is 0 Å². The topological polar surface area (TPSA) is 309 Å². The zero-order chi connectivity index (χ0) is 42.9. The van der Waals surface area contributed by atoms with Crippen molar-refractivity contribution in [2.45, 2.75) is 75.5 Å². The molecule has 2 unspecified atom stereocenters.